The Kier molecular flexibility index (Phi) is 3.88. The van der Waals surface area contributed by atoms with E-state index in [2.05, 4.69) is 0 Å². The van der Waals surface area contributed by atoms with E-state index in [1.165, 1.54) is 4.90 Å². The first-order chi connectivity index (χ1) is 7.82. The number of benzene rings is 1. The summed E-state index contributed by atoms with van der Waals surface area (Å²) in [7, 11) is 3.16. The zero-order valence-corrected chi connectivity index (χ0v) is 11.5. The number of amides is 2. The number of ether oxygens (including phenoxy) is 1. The second-order valence-electron chi connectivity index (χ2n) is 3.97. The highest BCUT2D eigenvalue weighted by molar-refractivity contribution is 6.33. The van der Waals surface area contributed by atoms with Crippen LogP contribution in [0.2, 0.25) is 5.02 Å². The van der Waals surface area contributed by atoms with Gasteiger partial charge in [0.15, 0.2) is 0 Å². The number of anilines is 1. The first kappa shape index (κ1) is 13.6. The summed E-state index contributed by atoms with van der Waals surface area (Å²) >= 11 is 6.23. The van der Waals surface area contributed by atoms with Crippen LogP contribution in [-0.4, -0.2) is 20.2 Å². The Bertz CT molecular complexity index is 472. The van der Waals surface area contributed by atoms with Crippen molar-refractivity contribution in [2.24, 2.45) is 5.73 Å². The summed E-state index contributed by atoms with van der Waals surface area (Å²) in [6.45, 7) is 5.66. The van der Waals surface area contributed by atoms with Crippen LogP contribution in [0.4, 0.5) is 10.5 Å². The third-order valence-corrected chi connectivity index (χ3v) is 3.57. The van der Waals surface area contributed by atoms with Crippen LogP contribution in [0.1, 0.15) is 16.7 Å². The van der Waals surface area contributed by atoms with Crippen molar-refractivity contribution in [2.75, 3.05) is 19.1 Å². The van der Waals surface area contributed by atoms with E-state index >= 15 is 0 Å². The molecule has 0 saturated carbocycles. The Balaban J connectivity index is 3.63. The third-order valence-electron chi connectivity index (χ3n) is 3.00. The molecule has 0 radical (unpaired) electrons. The van der Waals surface area contributed by atoms with Gasteiger partial charge in [0.05, 0.1) is 12.8 Å². The number of urea groups is 1. The number of hydrogen-bond acceptors (Lipinski definition) is 2. The molecule has 0 fully saturated rings. The molecule has 0 aliphatic heterocycles. The highest BCUT2D eigenvalue weighted by atomic mass is 35.5. The van der Waals surface area contributed by atoms with E-state index in [0.29, 0.717) is 16.5 Å². The van der Waals surface area contributed by atoms with Gasteiger partial charge in [0.25, 0.3) is 0 Å². The predicted molar refractivity (Wildman–Crippen MR) is 70.2 cm³/mol. The van der Waals surface area contributed by atoms with Gasteiger partial charge in [-0.1, -0.05) is 11.6 Å². The van der Waals surface area contributed by atoms with E-state index in [1.807, 2.05) is 20.8 Å². The Morgan fingerprint density at radius 3 is 2.18 bits per heavy atom. The first-order valence-corrected chi connectivity index (χ1v) is 5.57. The normalized spacial score (nSPS) is 10.2. The molecule has 0 atom stereocenters. The molecule has 0 bridgehead atoms. The largest absolute Gasteiger partial charge is 0.494 e. The summed E-state index contributed by atoms with van der Waals surface area (Å²) in [5.41, 5.74) is 8.55. The summed E-state index contributed by atoms with van der Waals surface area (Å²) < 4.78 is 5.36. The maximum absolute atomic E-state index is 11.3. The fourth-order valence-corrected chi connectivity index (χ4v) is 2.06. The van der Waals surface area contributed by atoms with Crippen LogP contribution in [-0.2, 0) is 0 Å². The van der Waals surface area contributed by atoms with Crippen molar-refractivity contribution in [3.05, 3.63) is 21.7 Å². The summed E-state index contributed by atoms with van der Waals surface area (Å²) in [6.07, 6.45) is 0. The van der Waals surface area contributed by atoms with Crippen LogP contribution in [0.5, 0.6) is 5.75 Å². The Morgan fingerprint density at radius 1 is 1.24 bits per heavy atom. The third kappa shape index (κ3) is 2.17. The van der Waals surface area contributed by atoms with Crippen molar-refractivity contribution < 1.29 is 9.53 Å². The van der Waals surface area contributed by atoms with Crippen molar-refractivity contribution in [1.29, 1.82) is 0 Å². The van der Waals surface area contributed by atoms with E-state index in [1.54, 1.807) is 14.2 Å². The van der Waals surface area contributed by atoms with Crippen molar-refractivity contribution in [2.45, 2.75) is 20.8 Å². The van der Waals surface area contributed by atoms with Gasteiger partial charge in [-0.15, -0.1) is 0 Å². The molecule has 0 unspecified atom stereocenters. The molecule has 2 N–H and O–H groups in total. The molecule has 0 heterocycles. The molecule has 94 valence electrons. The van der Waals surface area contributed by atoms with Gasteiger partial charge in [-0.25, -0.2) is 4.79 Å². The van der Waals surface area contributed by atoms with Crippen molar-refractivity contribution in [1.82, 2.24) is 0 Å². The van der Waals surface area contributed by atoms with Crippen molar-refractivity contribution in [3.63, 3.8) is 0 Å². The van der Waals surface area contributed by atoms with Gasteiger partial charge in [-0.3, -0.25) is 4.90 Å². The minimum absolute atomic E-state index is 0.550. The summed E-state index contributed by atoms with van der Waals surface area (Å²) in [4.78, 5) is 12.6. The average Bonchev–Trinajstić information content (AvgIpc) is 2.29. The Morgan fingerprint density at radius 2 is 1.76 bits per heavy atom. The highest BCUT2D eigenvalue weighted by Crippen LogP contribution is 2.41. The van der Waals surface area contributed by atoms with Gasteiger partial charge in [0.1, 0.15) is 5.75 Å². The molecule has 17 heavy (non-hydrogen) atoms. The molecule has 4 nitrogen and oxygen atoms in total. The topological polar surface area (TPSA) is 55.6 Å². The summed E-state index contributed by atoms with van der Waals surface area (Å²) in [6, 6.07) is -0.550. The molecule has 1 aromatic carbocycles. The minimum Gasteiger partial charge on any atom is -0.494 e. The van der Waals surface area contributed by atoms with E-state index in [4.69, 9.17) is 22.1 Å². The maximum atomic E-state index is 11.3. The average molecular weight is 257 g/mol. The zero-order valence-electron chi connectivity index (χ0n) is 10.7. The first-order valence-electron chi connectivity index (χ1n) is 5.19. The molecule has 0 saturated heterocycles. The van der Waals surface area contributed by atoms with E-state index < -0.39 is 6.03 Å². The van der Waals surface area contributed by atoms with Crippen LogP contribution in [0.3, 0.4) is 0 Å². The minimum atomic E-state index is -0.550. The van der Waals surface area contributed by atoms with Gasteiger partial charge in [0, 0.05) is 12.1 Å². The molecular formula is C12H17ClN2O2. The molecule has 0 spiro atoms. The fraction of sp³-hybridized carbons (Fsp3) is 0.417. The van der Waals surface area contributed by atoms with Crippen LogP contribution in [0, 0.1) is 20.8 Å². The number of nitrogens with zero attached hydrogens (tertiary/aromatic N) is 1. The van der Waals surface area contributed by atoms with Gasteiger partial charge >= 0.3 is 6.03 Å². The number of methoxy groups -OCH3 is 1. The van der Waals surface area contributed by atoms with Gasteiger partial charge < -0.3 is 10.5 Å². The predicted octanol–water partition coefficient (Wildman–Crippen LogP) is 2.79. The number of carbonyl (C=O) groups is 1. The Hall–Kier alpha value is -1.42. The van der Waals surface area contributed by atoms with Gasteiger partial charge in [0.2, 0.25) is 0 Å². The fourth-order valence-electron chi connectivity index (χ4n) is 1.83. The SMILES string of the molecule is COc1c(C)c(C)c(Cl)c(C)c1N(C)C(N)=O. The quantitative estimate of drug-likeness (QED) is 0.885. The molecule has 1 rings (SSSR count). The maximum Gasteiger partial charge on any atom is 0.319 e. The number of carbonyl (C=O) groups excluding carboxylic acids is 1. The number of hydrogen-bond donors (Lipinski definition) is 1. The summed E-state index contributed by atoms with van der Waals surface area (Å²) in [5, 5.41) is 0.631. The summed E-state index contributed by atoms with van der Waals surface area (Å²) in [5.74, 6) is 0.630. The lowest BCUT2D eigenvalue weighted by Crippen LogP contribution is -2.32. The standard InChI is InChI=1S/C12H17ClN2O2/c1-6-7(2)11(17-5)10(8(3)9(6)13)15(4)12(14)16/h1-5H3,(H2,14,16). The molecule has 0 aliphatic rings. The van der Waals surface area contributed by atoms with Crippen LogP contribution in [0.15, 0.2) is 0 Å². The van der Waals surface area contributed by atoms with E-state index in [9.17, 15) is 4.79 Å². The number of nitrogens with two attached hydrogens (primary N) is 1. The van der Waals surface area contributed by atoms with Crippen molar-refractivity contribution in [3.8, 4) is 5.75 Å². The lowest BCUT2D eigenvalue weighted by atomic mass is 10.0. The molecule has 0 aliphatic carbocycles. The zero-order chi connectivity index (χ0) is 13.3. The second-order valence-corrected chi connectivity index (χ2v) is 4.35. The monoisotopic (exact) mass is 256 g/mol. The molecule has 5 heteroatoms. The lowest BCUT2D eigenvalue weighted by molar-refractivity contribution is 0.255. The van der Waals surface area contributed by atoms with E-state index in [0.717, 1.165) is 16.7 Å². The van der Waals surface area contributed by atoms with Crippen LogP contribution < -0.4 is 15.4 Å². The van der Waals surface area contributed by atoms with Crippen molar-refractivity contribution >= 4 is 23.3 Å². The van der Waals surface area contributed by atoms with Gasteiger partial charge in [-0.2, -0.15) is 0 Å². The smallest absolute Gasteiger partial charge is 0.319 e. The molecule has 0 aromatic heterocycles. The molecule has 1 aromatic rings. The Labute approximate surface area is 106 Å². The van der Waals surface area contributed by atoms with Crippen LogP contribution in [0.25, 0.3) is 0 Å². The van der Waals surface area contributed by atoms with Crippen LogP contribution >= 0.6 is 11.6 Å². The number of primary amides is 1. The highest BCUT2D eigenvalue weighted by Gasteiger charge is 2.21. The lowest BCUT2D eigenvalue weighted by Gasteiger charge is -2.24. The number of halogens is 1. The second kappa shape index (κ2) is 4.84. The van der Waals surface area contributed by atoms with E-state index in [-0.39, 0.29) is 0 Å². The molecular weight excluding hydrogens is 240 g/mol. The molecule has 2 amide bonds. The number of rotatable bonds is 2. The van der Waals surface area contributed by atoms with Gasteiger partial charge in [-0.05, 0) is 37.5 Å².